The molecule has 0 aromatic heterocycles. The van der Waals surface area contributed by atoms with Gasteiger partial charge in [-0.1, -0.05) is 50.1 Å². The molecule has 0 saturated carbocycles. The number of rotatable bonds is 7. The molecule has 1 unspecified atom stereocenters. The van der Waals surface area contributed by atoms with Crippen LogP contribution >= 0.6 is 11.9 Å². The number of nitrogens with one attached hydrogen (secondary N) is 1. The van der Waals surface area contributed by atoms with E-state index in [4.69, 9.17) is 5.73 Å². The maximum absolute atomic E-state index is 5.57. The molecule has 1 aromatic rings. The van der Waals surface area contributed by atoms with Crippen molar-refractivity contribution in [3.63, 3.8) is 0 Å². The fourth-order valence-corrected chi connectivity index (χ4v) is 2.20. The first-order chi connectivity index (χ1) is 7.77. The molecule has 0 aliphatic rings. The van der Waals surface area contributed by atoms with Crippen LogP contribution < -0.4 is 10.5 Å². The SMILES string of the molecule is CCSNCC(C)c1cccc(CCN)c1. The molecule has 1 aromatic carbocycles. The first kappa shape index (κ1) is 13.6. The summed E-state index contributed by atoms with van der Waals surface area (Å²) in [6, 6.07) is 8.75. The van der Waals surface area contributed by atoms with E-state index in [1.54, 1.807) is 11.9 Å². The Morgan fingerprint density at radius 1 is 1.44 bits per heavy atom. The Labute approximate surface area is 103 Å². The number of hydrogen-bond donors (Lipinski definition) is 2. The highest BCUT2D eigenvalue weighted by Crippen LogP contribution is 2.16. The molecule has 16 heavy (non-hydrogen) atoms. The molecule has 0 heterocycles. The second-order valence-electron chi connectivity index (χ2n) is 3.97. The molecule has 0 bridgehead atoms. The molecule has 2 nitrogen and oxygen atoms in total. The third kappa shape index (κ3) is 4.56. The minimum Gasteiger partial charge on any atom is -0.330 e. The lowest BCUT2D eigenvalue weighted by atomic mass is 9.98. The van der Waals surface area contributed by atoms with Crippen LogP contribution in [0.15, 0.2) is 24.3 Å². The second-order valence-corrected chi connectivity index (χ2v) is 5.12. The largest absolute Gasteiger partial charge is 0.330 e. The molecule has 0 radical (unpaired) electrons. The third-order valence-corrected chi connectivity index (χ3v) is 3.25. The van der Waals surface area contributed by atoms with Gasteiger partial charge in [0.15, 0.2) is 0 Å². The molecule has 0 aliphatic heterocycles. The second kappa shape index (κ2) is 7.71. The normalized spacial score (nSPS) is 12.7. The zero-order valence-electron chi connectivity index (χ0n) is 10.2. The Morgan fingerprint density at radius 3 is 2.94 bits per heavy atom. The molecule has 0 fully saturated rings. The van der Waals surface area contributed by atoms with Gasteiger partial charge in [0.1, 0.15) is 0 Å². The number of benzene rings is 1. The maximum atomic E-state index is 5.57. The maximum Gasteiger partial charge on any atom is 0.0125 e. The minimum atomic E-state index is 0.553. The zero-order chi connectivity index (χ0) is 11.8. The van der Waals surface area contributed by atoms with Crippen LogP contribution in [0.4, 0.5) is 0 Å². The van der Waals surface area contributed by atoms with Gasteiger partial charge in [0.2, 0.25) is 0 Å². The monoisotopic (exact) mass is 238 g/mol. The van der Waals surface area contributed by atoms with Crippen molar-refractivity contribution < 1.29 is 0 Å². The van der Waals surface area contributed by atoms with Gasteiger partial charge >= 0.3 is 0 Å². The number of nitrogens with two attached hydrogens (primary N) is 1. The molecular formula is C13H22N2S. The summed E-state index contributed by atoms with van der Waals surface area (Å²) in [6.45, 7) is 6.15. The lowest BCUT2D eigenvalue weighted by Crippen LogP contribution is -2.13. The van der Waals surface area contributed by atoms with E-state index < -0.39 is 0 Å². The summed E-state index contributed by atoms with van der Waals surface area (Å²) in [5, 5.41) is 0. The smallest absolute Gasteiger partial charge is 0.0125 e. The summed E-state index contributed by atoms with van der Waals surface area (Å²) < 4.78 is 3.38. The molecule has 0 aliphatic carbocycles. The molecule has 3 heteroatoms. The quantitative estimate of drug-likeness (QED) is 0.566. The summed E-state index contributed by atoms with van der Waals surface area (Å²) >= 11 is 1.78. The zero-order valence-corrected chi connectivity index (χ0v) is 11.0. The molecule has 0 saturated heterocycles. The van der Waals surface area contributed by atoms with Crippen LogP contribution in [0.5, 0.6) is 0 Å². The average molecular weight is 238 g/mol. The fraction of sp³-hybridized carbons (Fsp3) is 0.538. The molecule has 0 amide bonds. The van der Waals surface area contributed by atoms with E-state index in [0.29, 0.717) is 5.92 Å². The van der Waals surface area contributed by atoms with Crippen molar-refractivity contribution in [1.29, 1.82) is 0 Å². The van der Waals surface area contributed by atoms with Crippen LogP contribution in [-0.2, 0) is 6.42 Å². The van der Waals surface area contributed by atoms with Crippen LogP contribution in [0.25, 0.3) is 0 Å². The van der Waals surface area contributed by atoms with E-state index in [1.165, 1.54) is 11.1 Å². The average Bonchev–Trinajstić information content (AvgIpc) is 2.30. The van der Waals surface area contributed by atoms with E-state index in [9.17, 15) is 0 Å². The van der Waals surface area contributed by atoms with Crippen molar-refractivity contribution in [2.75, 3.05) is 18.8 Å². The van der Waals surface area contributed by atoms with Crippen molar-refractivity contribution >= 4 is 11.9 Å². The highest BCUT2D eigenvalue weighted by Gasteiger charge is 2.05. The van der Waals surface area contributed by atoms with Gasteiger partial charge < -0.3 is 5.73 Å². The predicted octanol–water partition coefficient (Wildman–Crippen LogP) is 2.55. The lowest BCUT2D eigenvalue weighted by molar-refractivity contribution is 0.740. The standard InChI is InChI=1S/C13H22N2S/c1-3-16-15-10-11(2)13-6-4-5-12(9-13)7-8-14/h4-6,9,11,15H,3,7-8,10,14H2,1-2H3. The Hall–Kier alpha value is -0.510. The summed E-state index contributed by atoms with van der Waals surface area (Å²) in [5.74, 6) is 1.66. The van der Waals surface area contributed by atoms with Crippen molar-refractivity contribution in [1.82, 2.24) is 4.72 Å². The van der Waals surface area contributed by atoms with E-state index in [2.05, 4.69) is 42.8 Å². The Balaban J connectivity index is 2.53. The highest BCUT2D eigenvalue weighted by atomic mass is 32.2. The van der Waals surface area contributed by atoms with Crippen LogP contribution in [0.1, 0.15) is 30.9 Å². The van der Waals surface area contributed by atoms with Crippen LogP contribution in [0.2, 0.25) is 0 Å². The van der Waals surface area contributed by atoms with Crippen LogP contribution in [-0.4, -0.2) is 18.8 Å². The minimum absolute atomic E-state index is 0.553. The van der Waals surface area contributed by atoms with Gasteiger partial charge in [-0.05, 0) is 30.0 Å². The number of hydrogen-bond acceptors (Lipinski definition) is 3. The van der Waals surface area contributed by atoms with Crippen molar-refractivity contribution in [2.45, 2.75) is 26.2 Å². The van der Waals surface area contributed by atoms with E-state index in [1.807, 2.05) is 0 Å². The van der Waals surface area contributed by atoms with Crippen molar-refractivity contribution in [3.8, 4) is 0 Å². The van der Waals surface area contributed by atoms with Gasteiger partial charge in [-0.25, -0.2) is 0 Å². The Morgan fingerprint density at radius 2 is 2.25 bits per heavy atom. The Bertz CT molecular complexity index is 302. The summed E-state index contributed by atoms with van der Waals surface area (Å²) in [7, 11) is 0. The van der Waals surface area contributed by atoms with Crippen molar-refractivity contribution in [3.05, 3.63) is 35.4 Å². The summed E-state index contributed by atoms with van der Waals surface area (Å²) in [5.41, 5.74) is 8.31. The van der Waals surface area contributed by atoms with E-state index >= 15 is 0 Å². The van der Waals surface area contributed by atoms with Gasteiger partial charge in [0.05, 0.1) is 0 Å². The molecule has 1 atom stereocenters. The summed E-state index contributed by atoms with van der Waals surface area (Å²) in [6.07, 6.45) is 0.970. The van der Waals surface area contributed by atoms with Crippen LogP contribution in [0, 0.1) is 0 Å². The van der Waals surface area contributed by atoms with Gasteiger partial charge in [0.25, 0.3) is 0 Å². The lowest BCUT2D eigenvalue weighted by Gasteiger charge is -2.13. The van der Waals surface area contributed by atoms with Gasteiger partial charge in [-0.3, -0.25) is 4.72 Å². The first-order valence-corrected chi connectivity index (χ1v) is 6.90. The van der Waals surface area contributed by atoms with Crippen molar-refractivity contribution in [2.24, 2.45) is 5.73 Å². The predicted molar refractivity (Wildman–Crippen MR) is 73.8 cm³/mol. The molecule has 1 rings (SSSR count). The van der Waals surface area contributed by atoms with E-state index in [-0.39, 0.29) is 0 Å². The molecule has 0 spiro atoms. The fourth-order valence-electron chi connectivity index (χ4n) is 1.63. The van der Waals surface area contributed by atoms with Gasteiger partial charge in [-0.15, -0.1) is 0 Å². The van der Waals surface area contributed by atoms with Crippen LogP contribution in [0.3, 0.4) is 0 Å². The molecular weight excluding hydrogens is 216 g/mol. The highest BCUT2D eigenvalue weighted by molar-refractivity contribution is 7.97. The topological polar surface area (TPSA) is 38.0 Å². The molecule has 3 N–H and O–H groups in total. The van der Waals surface area contributed by atoms with E-state index in [0.717, 1.165) is 25.3 Å². The van der Waals surface area contributed by atoms with Gasteiger partial charge in [0, 0.05) is 12.3 Å². The van der Waals surface area contributed by atoms with Gasteiger partial charge in [-0.2, -0.15) is 0 Å². The first-order valence-electron chi connectivity index (χ1n) is 5.91. The third-order valence-electron chi connectivity index (χ3n) is 2.59. The Kier molecular flexibility index (Phi) is 6.53. The summed E-state index contributed by atoms with van der Waals surface area (Å²) in [4.78, 5) is 0. The molecule has 90 valence electrons.